The van der Waals surface area contributed by atoms with Crippen molar-refractivity contribution in [3.8, 4) is 11.3 Å². The first kappa shape index (κ1) is 31.0. The zero-order valence-corrected chi connectivity index (χ0v) is 24.4. The molecule has 0 radical (unpaired) electrons. The van der Waals surface area contributed by atoms with Gasteiger partial charge in [0.05, 0.1) is 33.4 Å². The van der Waals surface area contributed by atoms with Crippen LogP contribution in [0.25, 0.3) is 11.3 Å². The third-order valence-electron chi connectivity index (χ3n) is 6.61. The van der Waals surface area contributed by atoms with Crippen LogP contribution in [0.4, 0.5) is 13.2 Å². The van der Waals surface area contributed by atoms with Crippen LogP contribution >= 0.6 is 22.9 Å². The number of nitrogens with zero attached hydrogens (tertiary/aromatic N) is 3. The molecule has 0 fully saturated rings. The third-order valence-corrected chi connectivity index (χ3v) is 8.08. The van der Waals surface area contributed by atoms with Gasteiger partial charge in [-0.05, 0) is 42.7 Å². The Hall–Kier alpha value is -3.96. The molecule has 0 aliphatic heterocycles. The third kappa shape index (κ3) is 7.08. The predicted molar refractivity (Wildman–Crippen MR) is 155 cm³/mol. The van der Waals surface area contributed by atoms with E-state index in [0.29, 0.717) is 28.4 Å². The Bertz CT molecular complexity index is 1550. The smallest absolute Gasteiger partial charge is 0.346 e. The Morgan fingerprint density at radius 1 is 1.14 bits per heavy atom. The highest BCUT2D eigenvalue weighted by molar-refractivity contribution is 7.14. The number of halogens is 4. The van der Waals surface area contributed by atoms with Gasteiger partial charge in [0.25, 0.3) is 11.8 Å². The van der Waals surface area contributed by atoms with Crippen LogP contribution in [0.2, 0.25) is 5.02 Å². The van der Waals surface area contributed by atoms with Gasteiger partial charge in [0, 0.05) is 29.6 Å². The van der Waals surface area contributed by atoms with Crippen LogP contribution in [0, 0.1) is 0 Å². The molecule has 4 rings (SSSR count). The summed E-state index contributed by atoms with van der Waals surface area (Å²) >= 11 is 7.63. The average Bonchev–Trinajstić information content (AvgIpc) is 3.53. The number of benzene rings is 2. The van der Waals surface area contributed by atoms with Crippen molar-refractivity contribution in [1.29, 1.82) is 0 Å². The molecular weight excluding hydrogens is 589 g/mol. The van der Waals surface area contributed by atoms with E-state index < -0.39 is 29.6 Å². The normalized spacial score (nSPS) is 12.1. The number of nitrogens with one attached hydrogen (secondary N) is 1. The number of carbonyl (C=O) groups excluding carboxylic acids is 3. The fourth-order valence-corrected chi connectivity index (χ4v) is 6.12. The molecule has 2 heterocycles. The first-order valence-electron chi connectivity index (χ1n) is 13.1. The van der Waals surface area contributed by atoms with Gasteiger partial charge in [-0.1, -0.05) is 61.3 Å². The zero-order chi connectivity index (χ0) is 30.4. The number of amides is 3. The molecule has 7 nitrogen and oxygen atoms in total. The van der Waals surface area contributed by atoms with Gasteiger partial charge < -0.3 is 5.32 Å². The minimum absolute atomic E-state index is 0.0754. The maximum absolute atomic E-state index is 13.8. The summed E-state index contributed by atoms with van der Waals surface area (Å²) in [5.41, 5.74) is 0.682. The van der Waals surface area contributed by atoms with Crippen molar-refractivity contribution >= 4 is 41.2 Å². The summed E-state index contributed by atoms with van der Waals surface area (Å²) in [4.78, 5) is 40.7. The molecular formula is C30H28ClF3N4O3S. The van der Waals surface area contributed by atoms with Crippen LogP contribution in [0.3, 0.4) is 0 Å². The molecule has 3 amide bonds. The number of carbonyl (C=O) groups is 3. The summed E-state index contributed by atoms with van der Waals surface area (Å²) in [5, 5.41) is 7.38. The van der Waals surface area contributed by atoms with Gasteiger partial charge in [0.2, 0.25) is 6.41 Å². The van der Waals surface area contributed by atoms with E-state index in [4.69, 9.17) is 11.6 Å². The molecule has 0 saturated carbocycles. The van der Waals surface area contributed by atoms with E-state index in [-0.39, 0.29) is 24.1 Å². The van der Waals surface area contributed by atoms with Gasteiger partial charge in [-0.25, -0.2) is 0 Å². The monoisotopic (exact) mass is 616 g/mol. The maximum atomic E-state index is 13.8. The number of aryl methyl sites for hydroxylation is 2. The van der Waals surface area contributed by atoms with E-state index in [1.54, 1.807) is 36.0 Å². The molecule has 0 aliphatic carbocycles. The Morgan fingerprint density at radius 2 is 1.83 bits per heavy atom. The highest BCUT2D eigenvalue weighted by Crippen LogP contribution is 2.36. The predicted octanol–water partition coefficient (Wildman–Crippen LogP) is 6.41. The molecule has 4 aromatic rings. The first-order chi connectivity index (χ1) is 20.0. The minimum atomic E-state index is -4.63. The minimum Gasteiger partial charge on any atom is -0.346 e. The molecule has 0 spiro atoms. The van der Waals surface area contributed by atoms with Gasteiger partial charge >= 0.3 is 6.18 Å². The largest absolute Gasteiger partial charge is 0.416 e. The zero-order valence-electron chi connectivity index (χ0n) is 22.8. The van der Waals surface area contributed by atoms with E-state index in [0.717, 1.165) is 27.8 Å². The molecule has 12 heteroatoms. The standard InChI is InChI=1S/C30H28ClF3N4O3S/c1-3-9-25-22(27-24(31)16-35-37(27)2)15-26(42-25)28(40)36-21(14-20-12-7-8-13-23(20)30(32,33)34)17-38(18-39)29(41)19-10-5-4-6-11-19/h4-8,10-13,15-16,18,21H,3,9,14,17H2,1-2H3,(H,36,40)/t21-/m0/s1. The molecule has 0 bridgehead atoms. The highest BCUT2D eigenvalue weighted by atomic mass is 35.5. The Balaban J connectivity index is 1.68. The summed E-state index contributed by atoms with van der Waals surface area (Å²) in [6, 6.07) is 13.7. The number of hydrogen-bond acceptors (Lipinski definition) is 5. The summed E-state index contributed by atoms with van der Waals surface area (Å²) in [7, 11) is 1.74. The van der Waals surface area contributed by atoms with Crippen molar-refractivity contribution in [2.45, 2.75) is 38.4 Å². The number of hydrogen-bond donors (Lipinski definition) is 1. The second kappa shape index (κ2) is 13.3. The SMILES string of the molecule is CCCc1sc(C(=O)N[C@@H](Cc2ccccc2C(F)(F)F)CN(C=O)C(=O)c2ccccc2)cc1-c1c(Cl)cnn1C. The van der Waals surface area contributed by atoms with E-state index in [2.05, 4.69) is 10.4 Å². The van der Waals surface area contributed by atoms with E-state index >= 15 is 0 Å². The van der Waals surface area contributed by atoms with Crippen LogP contribution in [-0.4, -0.2) is 45.5 Å². The Kier molecular flexibility index (Phi) is 9.85. The van der Waals surface area contributed by atoms with Crippen molar-refractivity contribution in [3.05, 3.63) is 98.3 Å². The molecule has 1 N–H and O–H groups in total. The quantitative estimate of drug-likeness (QED) is 0.197. The van der Waals surface area contributed by atoms with Crippen LogP contribution in [0.5, 0.6) is 0 Å². The molecule has 42 heavy (non-hydrogen) atoms. The van der Waals surface area contributed by atoms with Gasteiger partial charge in [-0.15, -0.1) is 11.3 Å². The van der Waals surface area contributed by atoms with Crippen LogP contribution < -0.4 is 5.32 Å². The molecule has 220 valence electrons. The van der Waals surface area contributed by atoms with Crippen molar-refractivity contribution in [1.82, 2.24) is 20.0 Å². The summed E-state index contributed by atoms with van der Waals surface area (Å²) in [5.74, 6) is -1.18. The van der Waals surface area contributed by atoms with E-state index in [1.807, 2.05) is 6.92 Å². The highest BCUT2D eigenvalue weighted by Gasteiger charge is 2.34. The second-order valence-corrected chi connectivity index (χ2v) is 11.2. The molecule has 2 aromatic heterocycles. The fourth-order valence-electron chi connectivity index (χ4n) is 4.68. The molecule has 0 aliphatic rings. The molecule has 1 atom stereocenters. The average molecular weight is 617 g/mol. The number of alkyl halides is 3. The van der Waals surface area contributed by atoms with Crippen molar-refractivity contribution in [2.24, 2.45) is 7.05 Å². The topological polar surface area (TPSA) is 84.3 Å². The van der Waals surface area contributed by atoms with E-state index in [1.165, 1.54) is 47.9 Å². The van der Waals surface area contributed by atoms with Gasteiger partial charge in [0.15, 0.2) is 0 Å². The van der Waals surface area contributed by atoms with Gasteiger partial charge in [-0.2, -0.15) is 18.3 Å². The summed E-state index contributed by atoms with van der Waals surface area (Å²) in [6.45, 7) is 1.66. The maximum Gasteiger partial charge on any atom is 0.416 e. The van der Waals surface area contributed by atoms with Gasteiger partial charge in [0.1, 0.15) is 0 Å². The van der Waals surface area contributed by atoms with E-state index in [9.17, 15) is 27.6 Å². The van der Waals surface area contributed by atoms with Crippen LogP contribution in [0.15, 0.2) is 66.9 Å². The van der Waals surface area contributed by atoms with Gasteiger partial charge in [-0.3, -0.25) is 24.0 Å². The van der Waals surface area contributed by atoms with Crippen molar-refractivity contribution < 1.29 is 27.6 Å². The van der Waals surface area contributed by atoms with Crippen molar-refractivity contribution in [3.63, 3.8) is 0 Å². The number of aromatic nitrogens is 2. The molecule has 0 unspecified atom stereocenters. The molecule has 0 saturated heterocycles. The first-order valence-corrected chi connectivity index (χ1v) is 14.3. The lowest BCUT2D eigenvalue weighted by molar-refractivity contribution is -0.138. The van der Waals surface area contributed by atoms with Crippen LogP contribution in [0.1, 0.15) is 49.4 Å². The number of thiophene rings is 1. The number of imide groups is 1. The summed E-state index contributed by atoms with van der Waals surface area (Å²) < 4.78 is 43.0. The molecule has 2 aromatic carbocycles. The van der Waals surface area contributed by atoms with Crippen molar-refractivity contribution in [2.75, 3.05) is 6.54 Å². The Labute approximate surface area is 249 Å². The fraction of sp³-hybridized carbons (Fsp3) is 0.267. The van der Waals surface area contributed by atoms with Crippen LogP contribution in [-0.2, 0) is 30.9 Å². The Morgan fingerprint density at radius 3 is 2.45 bits per heavy atom. The lowest BCUT2D eigenvalue weighted by atomic mass is 9.99. The lowest BCUT2D eigenvalue weighted by Crippen LogP contribution is -2.46. The summed E-state index contributed by atoms with van der Waals surface area (Å²) in [6.07, 6.45) is -1.61. The lowest BCUT2D eigenvalue weighted by Gasteiger charge is -2.25. The number of rotatable bonds is 11. The second-order valence-electron chi connectivity index (χ2n) is 9.62.